The number of hydrogen-bond donors (Lipinski definition) is 1. The summed E-state index contributed by atoms with van der Waals surface area (Å²) in [6.45, 7) is 0. The van der Waals surface area contributed by atoms with Crippen molar-refractivity contribution in [3.05, 3.63) is 54.7 Å². The average molecular weight is 266 g/mol. The molecule has 100 valence electrons. The number of benzene rings is 2. The Balaban J connectivity index is 2.12. The molecule has 0 aliphatic carbocycles. The molecule has 0 saturated carbocycles. The Kier molecular flexibility index (Phi) is 3.13. The van der Waals surface area contributed by atoms with E-state index in [1.54, 1.807) is 13.3 Å². The number of methoxy groups -OCH3 is 1. The Hall–Kier alpha value is -2.75. The topological polar surface area (TPSA) is 61.3 Å². The van der Waals surface area contributed by atoms with Crippen LogP contribution in [-0.4, -0.2) is 12.1 Å². The SMILES string of the molecule is COc1ccc(-c2ccccc2)cc1-c1cnc(N)o1. The minimum atomic E-state index is 0.146. The molecule has 1 aromatic heterocycles. The predicted molar refractivity (Wildman–Crippen MR) is 78.3 cm³/mol. The van der Waals surface area contributed by atoms with Crippen molar-refractivity contribution in [3.63, 3.8) is 0 Å². The van der Waals surface area contributed by atoms with E-state index in [-0.39, 0.29) is 6.01 Å². The summed E-state index contributed by atoms with van der Waals surface area (Å²) in [6, 6.07) is 16.2. The molecule has 0 fully saturated rings. The van der Waals surface area contributed by atoms with Crippen LogP contribution in [0.3, 0.4) is 0 Å². The lowest BCUT2D eigenvalue weighted by Gasteiger charge is -2.09. The molecule has 4 heteroatoms. The smallest absolute Gasteiger partial charge is 0.292 e. The lowest BCUT2D eigenvalue weighted by molar-refractivity contribution is 0.415. The summed E-state index contributed by atoms with van der Waals surface area (Å²) >= 11 is 0. The molecular weight excluding hydrogens is 252 g/mol. The number of nitrogen functional groups attached to an aromatic ring is 1. The zero-order valence-corrected chi connectivity index (χ0v) is 11.0. The summed E-state index contributed by atoms with van der Waals surface area (Å²) in [5.74, 6) is 1.32. The van der Waals surface area contributed by atoms with E-state index < -0.39 is 0 Å². The minimum absolute atomic E-state index is 0.146. The van der Waals surface area contributed by atoms with E-state index in [0.717, 1.165) is 22.4 Å². The van der Waals surface area contributed by atoms with Gasteiger partial charge in [-0.05, 0) is 23.3 Å². The number of nitrogens with two attached hydrogens (primary N) is 1. The highest BCUT2D eigenvalue weighted by molar-refractivity contribution is 5.75. The van der Waals surface area contributed by atoms with Crippen LogP contribution in [-0.2, 0) is 0 Å². The van der Waals surface area contributed by atoms with E-state index in [1.165, 1.54) is 0 Å². The number of oxazole rings is 1. The van der Waals surface area contributed by atoms with E-state index in [4.69, 9.17) is 14.9 Å². The van der Waals surface area contributed by atoms with Gasteiger partial charge in [0, 0.05) is 0 Å². The molecule has 3 aromatic rings. The van der Waals surface area contributed by atoms with Gasteiger partial charge in [0.05, 0.1) is 18.9 Å². The second-order valence-corrected chi connectivity index (χ2v) is 4.34. The van der Waals surface area contributed by atoms with Crippen molar-refractivity contribution in [2.45, 2.75) is 0 Å². The second-order valence-electron chi connectivity index (χ2n) is 4.34. The van der Waals surface area contributed by atoms with Crippen LogP contribution in [0.4, 0.5) is 6.01 Å². The summed E-state index contributed by atoms with van der Waals surface area (Å²) in [4.78, 5) is 3.93. The highest BCUT2D eigenvalue weighted by Crippen LogP contribution is 2.34. The van der Waals surface area contributed by atoms with Gasteiger partial charge in [-0.25, -0.2) is 4.98 Å². The van der Waals surface area contributed by atoms with Crippen molar-refractivity contribution >= 4 is 6.01 Å². The Morgan fingerprint density at radius 3 is 2.50 bits per heavy atom. The van der Waals surface area contributed by atoms with Crippen LogP contribution in [0.15, 0.2) is 59.1 Å². The van der Waals surface area contributed by atoms with Crippen molar-refractivity contribution in [3.8, 4) is 28.2 Å². The number of aromatic nitrogens is 1. The number of ether oxygens (including phenoxy) is 1. The van der Waals surface area contributed by atoms with Crippen LogP contribution in [0.1, 0.15) is 0 Å². The van der Waals surface area contributed by atoms with Gasteiger partial charge in [-0.15, -0.1) is 0 Å². The second kappa shape index (κ2) is 5.09. The Morgan fingerprint density at radius 1 is 1.05 bits per heavy atom. The van der Waals surface area contributed by atoms with Crippen molar-refractivity contribution < 1.29 is 9.15 Å². The third kappa shape index (κ3) is 2.23. The van der Waals surface area contributed by atoms with Gasteiger partial charge in [0.15, 0.2) is 5.76 Å². The van der Waals surface area contributed by atoms with E-state index >= 15 is 0 Å². The number of anilines is 1. The first-order chi connectivity index (χ1) is 9.78. The molecular formula is C16H14N2O2. The van der Waals surface area contributed by atoms with E-state index in [0.29, 0.717) is 5.76 Å². The molecule has 20 heavy (non-hydrogen) atoms. The van der Waals surface area contributed by atoms with Crippen LogP contribution >= 0.6 is 0 Å². The molecule has 0 amide bonds. The molecule has 0 spiro atoms. The third-order valence-electron chi connectivity index (χ3n) is 3.10. The summed E-state index contributed by atoms with van der Waals surface area (Å²) in [5.41, 5.74) is 8.58. The van der Waals surface area contributed by atoms with E-state index in [2.05, 4.69) is 17.1 Å². The fraction of sp³-hybridized carbons (Fsp3) is 0.0625. The fourth-order valence-electron chi connectivity index (χ4n) is 2.12. The molecule has 2 N–H and O–H groups in total. The van der Waals surface area contributed by atoms with Gasteiger partial charge in [0.25, 0.3) is 6.01 Å². The van der Waals surface area contributed by atoms with Crippen molar-refractivity contribution in [1.29, 1.82) is 0 Å². The number of nitrogens with zero attached hydrogens (tertiary/aromatic N) is 1. The number of hydrogen-bond acceptors (Lipinski definition) is 4. The molecule has 0 atom stereocenters. The molecule has 0 radical (unpaired) electrons. The van der Waals surface area contributed by atoms with Gasteiger partial charge in [-0.3, -0.25) is 0 Å². The zero-order valence-electron chi connectivity index (χ0n) is 11.0. The molecule has 0 saturated heterocycles. The van der Waals surface area contributed by atoms with Gasteiger partial charge in [-0.2, -0.15) is 0 Å². The molecule has 0 unspecified atom stereocenters. The predicted octanol–water partition coefficient (Wildman–Crippen LogP) is 3.60. The van der Waals surface area contributed by atoms with Gasteiger partial charge < -0.3 is 14.9 Å². The van der Waals surface area contributed by atoms with Gasteiger partial charge in [0.2, 0.25) is 0 Å². The van der Waals surface area contributed by atoms with Crippen LogP contribution < -0.4 is 10.5 Å². The molecule has 4 nitrogen and oxygen atoms in total. The maximum absolute atomic E-state index is 5.54. The Morgan fingerprint density at radius 2 is 1.85 bits per heavy atom. The van der Waals surface area contributed by atoms with Crippen LogP contribution in [0.2, 0.25) is 0 Å². The highest BCUT2D eigenvalue weighted by Gasteiger charge is 2.12. The molecule has 3 rings (SSSR count). The van der Waals surface area contributed by atoms with Gasteiger partial charge >= 0.3 is 0 Å². The fourth-order valence-corrected chi connectivity index (χ4v) is 2.12. The summed E-state index contributed by atoms with van der Waals surface area (Å²) in [6.07, 6.45) is 1.60. The van der Waals surface area contributed by atoms with E-state index in [1.807, 2.05) is 36.4 Å². The van der Waals surface area contributed by atoms with Gasteiger partial charge in [0.1, 0.15) is 5.75 Å². The van der Waals surface area contributed by atoms with Gasteiger partial charge in [-0.1, -0.05) is 36.4 Å². The van der Waals surface area contributed by atoms with Crippen molar-refractivity contribution in [2.75, 3.05) is 12.8 Å². The summed E-state index contributed by atoms with van der Waals surface area (Å²) in [7, 11) is 1.63. The maximum atomic E-state index is 5.54. The van der Waals surface area contributed by atoms with Crippen molar-refractivity contribution in [2.24, 2.45) is 0 Å². The van der Waals surface area contributed by atoms with Crippen LogP contribution in [0.5, 0.6) is 5.75 Å². The number of rotatable bonds is 3. The summed E-state index contributed by atoms with van der Waals surface area (Å²) < 4.78 is 10.8. The quantitative estimate of drug-likeness (QED) is 0.786. The normalized spacial score (nSPS) is 10.4. The first-order valence-corrected chi connectivity index (χ1v) is 6.23. The van der Waals surface area contributed by atoms with Crippen LogP contribution in [0, 0.1) is 0 Å². The Bertz CT molecular complexity index is 720. The average Bonchev–Trinajstić information content (AvgIpc) is 2.94. The molecule has 0 aliphatic heterocycles. The highest BCUT2D eigenvalue weighted by atomic mass is 16.5. The van der Waals surface area contributed by atoms with Crippen molar-refractivity contribution in [1.82, 2.24) is 4.98 Å². The summed E-state index contributed by atoms with van der Waals surface area (Å²) in [5, 5.41) is 0. The lowest BCUT2D eigenvalue weighted by atomic mass is 10.0. The molecule has 0 aliphatic rings. The first kappa shape index (κ1) is 12.3. The third-order valence-corrected chi connectivity index (χ3v) is 3.10. The minimum Gasteiger partial charge on any atom is -0.496 e. The van der Waals surface area contributed by atoms with E-state index in [9.17, 15) is 0 Å². The standard InChI is InChI=1S/C16H14N2O2/c1-19-14-8-7-12(11-5-3-2-4-6-11)9-13(14)15-10-18-16(17)20-15/h2-10H,1H3,(H2,17,18). The molecule has 1 heterocycles. The molecule has 0 bridgehead atoms. The monoisotopic (exact) mass is 266 g/mol. The lowest BCUT2D eigenvalue weighted by Crippen LogP contribution is -1.88. The maximum Gasteiger partial charge on any atom is 0.292 e. The first-order valence-electron chi connectivity index (χ1n) is 6.23. The zero-order chi connectivity index (χ0) is 13.9. The largest absolute Gasteiger partial charge is 0.496 e. The Labute approximate surface area is 116 Å². The van der Waals surface area contributed by atoms with Crippen LogP contribution in [0.25, 0.3) is 22.5 Å². The molecule has 2 aromatic carbocycles.